The topological polar surface area (TPSA) is 41.1 Å². The Morgan fingerprint density at radius 1 is 1.00 bits per heavy atom. The molecule has 0 amide bonds. The highest BCUT2D eigenvalue weighted by atomic mass is 15.2. The standard InChI is InChI=1S/C16H30N4/c1-6-9-11-20(12-10-7-2)16-13(4)15(17-5)18-14(8-3)19-16/h6-12H2,1-5H3,(H,17,18,19). The van der Waals surface area contributed by atoms with Gasteiger partial charge >= 0.3 is 0 Å². The molecule has 114 valence electrons. The SMILES string of the molecule is CCCCN(CCCC)c1nc(CC)nc(NC)c1C. The van der Waals surface area contributed by atoms with Crippen LogP contribution in [0.25, 0.3) is 0 Å². The molecule has 0 saturated heterocycles. The molecule has 1 N–H and O–H groups in total. The van der Waals surface area contributed by atoms with Gasteiger partial charge in [-0.25, -0.2) is 9.97 Å². The molecule has 0 bridgehead atoms. The number of nitrogens with one attached hydrogen (secondary N) is 1. The van der Waals surface area contributed by atoms with Crippen LogP contribution in [-0.2, 0) is 6.42 Å². The molecule has 0 aliphatic heterocycles. The Hall–Kier alpha value is -1.32. The molecule has 1 aromatic heterocycles. The van der Waals surface area contributed by atoms with Gasteiger partial charge in [0.2, 0.25) is 0 Å². The molecule has 0 fully saturated rings. The lowest BCUT2D eigenvalue weighted by Crippen LogP contribution is -2.28. The van der Waals surface area contributed by atoms with E-state index in [-0.39, 0.29) is 0 Å². The van der Waals surface area contributed by atoms with Crippen molar-refractivity contribution in [1.82, 2.24) is 9.97 Å². The Balaban J connectivity index is 3.08. The summed E-state index contributed by atoms with van der Waals surface area (Å²) in [6, 6.07) is 0. The fraction of sp³-hybridized carbons (Fsp3) is 0.750. The minimum atomic E-state index is 0.872. The summed E-state index contributed by atoms with van der Waals surface area (Å²) in [6.45, 7) is 10.9. The van der Waals surface area contributed by atoms with Gasteiger partial charge in [0.05, 0.1) is 0 Å². The van der Waals surface area contributed by atoms with Gasteiger partial charge < -0.3 is 10.2 Å². The summed E-state index contributed by atoms with van der Waals surface area (Å²) in [5.41, 5.74) is 1.16. The number of aryl methyl sites for hydroxylation is 1. The van der Waals surface area contributed by atoms with Crippen molar-refractivity contribution in [3.8, 4) is 0 Å². The molecule has 4 nitrogen and oxygen atoms in total. The van der Waals surface area contributed by atoms with Crippen LogP contribution in [0.1, 0.15) is 57.8 Å². The number of unbranched alkanes of at least 4 members (excludes halogenated alkanes) is 2. The van der Waals surface area contributed by atoms with E-state index in [4.69, 9.17) is 4.98 Å². The molecule has 0 radical (unpaired) electrons. The minimum absolute atomic E-state index is 0.872. The molecule has 1 rings (SSSR count). The lowest BCUT2D eigenvalue weighted by Gasteiger charge is -2.26. The first-order valence-electron chi connectivity index (χ1n) is 7.98. The Labute approximate surface area is 124 Å². The fourth-order valence-electron chi connectivity index (χ4n) is 2.28. The van der Waals surface area contributed by atoms with Gasteiger partial charge in [-0.2, -0.15) is 0 Å². The van der Waals surface area contributed by atoms with Crippen molar-refractivity contribution in [2.75, 3.05) is 30.4 Å². The molecule has 0 unspecified atom stereocenters. The van der Waals surface area contributed by atoms with E-state index in [2.05, 4.69) is 42.9 Å². The monoisotopic (exact) mass is 278 g/mol. The third kappa shape index (κ3) is 4.36. The average Bonchev–Trinajstić information content (AvgIpc) is 2.48. The van der Waals surface area contributed by atoms with Crippen LogP contribution >= 0.6 is 0 Å². The van der Waals surface area contributed by atoms with E-state index < -0.39 is 0 Å². The van der Waals surface area contributed by atoms with Gasteiger partial charge in [0.1, 0.15) is 17.5 Å². The van der Waals surface area contributed by atoms with E-state index in [9.17, 15) is 0 Å². The van der Waals surface area contributed by atoms with Crippen LogP contribution in [0.5, 0.6) is 0 Å². The number of hydrogen-bond acceptors (Lipinski definition) is 4. The Kier molecular flexibility index (Phi) is 7.34. The maximum Gasteiger partial charge on any atom is 0.137 e. The van der Waals surface area contributed by atoms with Crippen molar-refractivity contribution in [1.29, 1.82) is 0 Å². The van der Waals surface area contributed by atoms with Gasteiger partial charge in [-0.05, 0) is 19.8 Å². The number of aromatic nitrogens is 2. The zero-order chi connectivity index (χ0) is 15.0. The van der Waals surface area contributed by atoms with Gasteiger partial charge in [-0.3, -0.25) is 0 Å². The molecule has 0 saturated carbocycles. The molecule has 0 aliphatic rings. The summed E-state index contributed by atoms with van der Waals surface area (Å²) in [6.07, 6.45) is 5.73. The number of hydrogen-bond donors (Lipinski definition) is 1. The van der Waals surface area contributed by atoms with Crippen molar-refractivity contribution in [2.45, 2.75) is 59.8 Å². The predicted octanol–water partition coefficient (Wildman–Crippen LogP) is 3.80. The summed E-state index contributed by atoms with van der Waals surface area (Å²) >= 11 is 0. The normalized spacial score (nSPS) is 10.7. The van der Waals surface area contributed by atoms with Gasteiger partial charge in [0.25, 0.3) is 0 Å². The Morgan fingerprint density at radius 2 is 1.60 bits per heavy atom. The summed E-state index contributed by atoms with van der Waals surface area (Å²) in [4.78, 5) is 11.8. The van der Waals surface area contributed by atoms with E-state index in [0.29, 0.717) is 0 Å². The number of rotatable bonds is 9. The highest BCUT2D eigenvalue weighted by Gasteiger charge is 2.15. The van der Waals surface area contributed by atoms with Crippen molar-refractivity contribution in [3.63, 3.8) is 0 Å². The summed E-state index contributed by atoms with van der Waals surface area (Å²) in [5, 5.41) is 3.20. The molecule has 0 aliphatic carbocycles. The smallest absolute Gasteiger partial charge is 0.137 e. The largest absolute Gasteiger partial charge is 0.373 e. The van der Waals surface area contributed by atoms with Crippen molar-refractivity contribution >= 4 is 11.6 Å². The Bertz CT molecular complexity index is 396. The zero-order valence-electron chi connectivity index (χ0n) is 13.8. The van der Waals surface area contributed by atoms with Crippen molar-refractivity contribution in [2.24, 2.45) is 0 Å². The molecular weight excluding hydrogens is 248 g/mol. The van der Waals surface area contributed by atoms with E-state index in [1.807, 2.05) is 7.05 Å². The lowest BCUT2D eigenvalue weighted by atomic mass is 10.2. The van der Waals surface area contributed by atoms with E-state index in [0.717, 1.165) is 42.5 Å². The van der Waals surface area contributed by atoms with Crippen LogP contribution in [-0.4, -0.2) is 30.1 Å². The highest BCUT2D eigenvalue weighted by molar-refractivity contribution is 5.58. The maximum absolute atomic E-state index is 4.78. The van der Waals surface area contributed by atoms with Crippen LogP contribution in [0, 0.1) is 6.92 Å². The summed E-state index contributed by atoms with van der Waals surface area (Å²) < 4.78 is 0. The lowest BCUT2D eigenvalue weighted by molar-refractivity contribution is 0.666. The molecule has 0 atom stereocenters. The van der Waals surface area contributed by atoms with Gasteiger partial charge in [0.15, 0.2) is 0 Å². The molecule has 20 heavy (non-hydrogen) atoms. The first-order chi connectivity index (χ1) is 9.67. The van der Waals surface area contributed by atoms with Gasteiger partial charge in [-0.15, -0.1) is 0 Å². The minimum Gasteiger partial charge on any atom is -0.373 e. The number of anilines is 2. The fourth-order valence-corrected chi connectivity index (χ4v) is 2.28. The second-order valence-electron chi connectivity index (χ2n) is 5.23. The average molecular weight is 278 g/mol. The maximum atomic E-state index is 4.78. The molecule has 1 heterocycles. The van der Waals surface area contributed by atoms with Gasteiger partial charge in [-0.1, -0.05) is 33.6 Å². The van der Waals surface area contributed by atoms with Crippen molar-refractivity contribution in [3.05, 3.63) is 11.4 Å². The first-order valence-corrected chi connectivity index (χ1v) is 7.98. The first kappa shape index (κ1) is 16.7. The van der Waals surface area contributed by atoms with Crippen LogP contribution in [0.4, 0.5) is 11.6 Å². The number of nitrogens with zero attached hydrogens (tertiary/aromatic N) is 3. The zero-order valence-corrected chi connectivity index (χ0v) is 13.8. The van der Waals surface area contributed by atoms with E-state index in [1.165, 1.54) is 25.7 Å². The second-order valence-corrected chi connectivity index (χ2v) is 5.23. The molecule has 0 spiro atoms. The molecule has 4 heteroatoms. The third-order valence-electron chi connectivity index (χ3n) is 3.58. The van der Waals surface area contributed by atoms with Crippen LogP contribution in [0.2, 0.25) is 0 Å². The van der Waals surface area contributed by atoms with Crippen LogP contribution < -0.4 is 10.2 Å². The highest BCUT2D eigenvalue weighted by Crippen LogP contribution is 2.24. The van der Waals surface area contributed by atoms with Crippen LogP contribution in [0.15, 0.2) is 0 Å². The van der Waals surface area contributed by atoms with Crippen LogP contribution in [0.3, 0.4) is 0 Å². The Morgan fingerprint density at radius 3 is 2.05 bits per heavy atom. The van der Waals surface area contributed by atoms with E-state index >= 15 is 0 Å². The van der Waals surface area contributed by atoms with Crippen molar-refractivity contribution < 1.29 is 0 Å². The third-order valence-corrected chi connectivity index (χ3v) is 3.58. The molecular formula is C16H30N4. The summed E-state index contributed by atoms with van der Waals surface area (Å²) in [7, 11) is 1.93. The molecule has 1 aromatic rings. The quantitative estimate of drug-likeness (QED) is 0.746. The van der Waals surface area contributed by atoms with E-state index in [1.54, 1.807) is 0 Å². The predicted molar refractivity (Wildman–Crippen MR) is 87.7 cm³/mol. The molecule has 0 aromatic carbocycles. The van der Waals surface area contributed by atoms with Gasteiger partial charge in [0, 0.05) is 32.1 Å². The summed E-state index contributed by atoms with van der Waals surface area (Å²) in [5.74, 6) is 3.00. The second kappa shape index (κ2) is 8.77.